The highest BCUT2D eigenvalue weighted by molar-refractivity contribution is 5.04. The Balaban J connectivity index is 1.84. The van der Waals surface area contributed by atoms with E-state index in [-0.39, 0.29) is 0 Å². The van der Waals surface area contributed by atoms with Crippen LogP contribution in [-0.2, 0) is 0 Å². The second kappa shape index (κ2) is 5.00. The van der Waals surface area contributed by atoms with Gasteiger partial charge in [0.25, 0.3) is 0 Å². The van der Waals surface area contributed by atoms with Gasteiger partial charge in [0, 0.05) is 12.8 Å². The molecule has 1 atom stereocenters. The molecule has 2 heterocycles. The zero-order valence-electron chi connectivity index (χ0n) is 11.8. The Labute approximate surface area is 107 Å². The third kappa shape index (κ3) is 3.72. The second-order valence-electron chi connectivity index (χ2n) is 6.93. The van der Waals surface area contributed by atoms with E-state index in [0.717, 1.165) is 11.0 Å². The van der Waals surface area contributed by atoms with Gasteiger partial charge in [-0.3, -0.25) is 0 Å². The Morgan fingerprint density at radius 2 is 1.71 bits per heavy atom. The summed E-state index contributed by atoms with van der Waals surface area (Å²) in [6.45, 7) is 6.31. The van der Waals surface area contributed by atoms with Gasteiger partial charge in [-0.1, -0.05) is 5.92 Å². The fourth-order valence-corrected chi connectivity index (χ4v) is 3.30. The highest BCUT2D eigenvalue weighted by atomic mass is 15.3. The molecule has 0 aromatic rings. The van der Waals surface area contributed by atoms with Crippen LogP contribution in [0.15, 0.2) is 0 Å². The SMILES string of the molecule is C[N+]1(C)CCCC(C#CC[N+]2(C)CCCC2)C1. The van der Waals surface area contributed by atoms with Crippen molar-refractivity contribution in [2.45, 2.75) is 25.7 Å². The molecule has 2 nitrogen and oxygen atoms in total. The number of piperidine rings is 1. The molecular formula is C15H28N2+2. The van der Waals surface area contributed by atoms with Gasteiger partial charge in [0.1, 0.15) is 6.54 Å². The summed E-state index contributed by atoms with van der Waals surface area (Å²) in [4.78, 5) is 0. The molecule has 2 heteroatoms. The van der Waals surface area contributed by atoms with Crippen LogP contribution in [0, 0.1) is 17.8 Å². The molecule has 1 unspecified atom stereocenters. The number of hydrogen-bond acceptors (Lipinski definition) is 0. The fraction of sp³-hybridized carbons (Fsp3) is 0.867. The molecule has 0 amide bonds. The molecule has 0 aromatic heterocycles. The summed E-state index contributed by atoms with van der Waals surface area (Å²) in [5, 5.41) is 0. The van der Waals surface area contributed by atoms with Crippen LogP contribution in [0.2, 0.25) is 0 Å². The van der Waals surface area contributed by atoms with Gasteiger partial charge in [0.05, 0.1) is 53.2 Å². The van der Waals surface area contributed by atoms with Crippen LogP contribution in [0.3, 0.4) is 0 Å². The van der Waals surface area contributed by atoms with E-state index in [1.54, 1.807) is 0 Å². The van der Waals surface area contributed by atoms with Crippen molar-refractivity contribution in [3.63, 3.8) is 0 Å². The van der Waals surface area contributed by atoms with E-state index in [4.69, 9.17) is 0 Å². The predicted molar refractivity (Wildman–Crippen MR) is 72.4 cm³/mol. The molecule has 0 aromatic carbocycles. The monoisotopic (exact) mass is 236 g/mol. The fourth-order valence-electron chi connectivity index (χ4n) is 3.30. The van der Waals surface area contributed by atoms with E-state index in [2.05, 4.69) is 33.0 Å². The minimum absolute atomic E-state index is 0.646. The molecule has 2 aliphatic heterocycles. The molecule has 2 saturated heterocycles. The first kappa shape index (κ1) is 12.9. The Kier molecular flexibility index (Phi) is 3.80. The Morgan fingerprint density at radius 3 is 2.35 bits per heavy atom. The van der Waals surface area contributed by atoms with Crippen molar-refractivity contribution in [3.05, 3.63) is 0 Å². The molecule has 2 rings (SSSR count). The molecule has 0 N–H and O–H groups in total. The van der Waals surface area contributed by atoms with E-state index >= 15 is 0 Å². The molecule has 2 fully saturated rings. The first-order valence-electron chi connectivity index (χ1n) is 7.13. The minimum atomic E-state index is 0.646. The molecule has 0 saturated carbocycles. The smallest absolute Gasteiger partial charge is 0.140 e. The first-order chi connectivity index (χ1) is 7.99. The average Bonchev–Trinajstić information content (AvgIpc) is 2.64. The number of likely N-dealkylation sites (tertiary alicyclic amines) is 2. The first-order valence-corrected chi connectivity index (χ1v) is 7.13. The molecular weight excluding hydrogens is 208 g/mol. The van der Waals surface area contributed by atoms with E-state index in [0.29, 0.717) is 5.92 Å². The van der Waals surface area contributed by atoms with Crippen molar-refractivity contribution < 1.29 is 8.97 Å². The molecule has 96 valence electrons. The normalized spacial score (nSPS) is 30.6. The number of rotatable bonds is 1. The van der Waals surface area contributed by atoms with E-state index < -0.39 is 0 Å². The van der Waals surface area contributed by atoms with Gasteiger partial charge in [-0.15, -0.1) is 0 Å². The summed E-state index contributed by atoms with van der Waals surface area (Å²) >= 11 is 0. The van der Waals surface area contributed by atoms with Crippen LogP contribution in [0.4, 0.5) is 0 Å². The van der Waals surface area contributed by atoms with Gasteiger partial charge in [-0.2, -0.15) is 0 Å². The van der Waals surface area contributed by atoms with Crippen LogP contribution in [-0.4, -0.2) is 62.8 Å². The van der Waals surface area contributed by atoms with E-state index in [1.165, 1.54) is 56.3 Å². The van der Waals surface area contributed by atoms with Crippen LogP contribution < -0.4 is 0 Å². The van der Waals surface area contributed by atoms with Gasteiger partial charge < -0.3 is 8.97 Å². The van der Waals surface area contributed by atoms with Crippen molar-refractivity contribution >= 4 is 0 Å². The van der Waals surface area contributed by atoms with Gasteiger partial charge in [0.15, 0.2) is 0 Å². The van der Waals surface area contributed by atoms with Crippen LogP contribution in [0.1, 0.15) is 25.7 Å². The van der Waals surface area contributed by atoms with Crippen molar-refractivity contribution in [2.24, 2.45) is 5.92 Å². The third-order valence-electron chi connectivity index (χ3n) is 4.44. The highest BCUT2D eigenvalue weighted by Gasteiger charge is 2.27. The third-order valence-corrected chi connectivity index (χ3v) is 4.44. The summed E-state index contributed by atoms with van der Waals surface area (Å²) in [5.74, 6) is 7.68. The van der Waals surface area contributed by atoms with E-state index in [9.17, 15) is 0 Å². The number of hydrogen-bond donors (Lipinski definition) is 0. The maximum atomic E-state index is 3.55. The number of nitrogens with zero attached hydrogens (tertiary/aromatic N) is 2. The van der Waals surface area contributed by atoms with Crippen LogP contribution >= 0.6 is 0 Å². The summed E-state index contributed by atoms with van der Waals surface area (Å²) in [7, 11) is 7.03. The molecule has 0 radical (unpaired) electrons. The number of quaternary nitrogens is 2. The van der Waals surface area contributed by atoms with Crippen LogP contribution in [0.25, 0.3) is 0 Å². The Hall–Kier alpha value is -0.520. The molecule has 0 spiro atoms. The van der Waals surface area contributed by atoms with Crippen molar-refractivity contribution in [1.29, 1.82) is 0 Å². The lowest BCUT2D eigenvalue weighted by atomic mass is 9.97. The topological polar surface area (TPSA) is 0 Å². The minimum Gasteiger partial charge on any atom is -0.327 e. The zero-order valence-corrected chi connectivity index (χ0v) is 11.8. The lowest BCUT2D eigenvalue weighted by Gasteiger charge is -2.36. The van der Waals surface area contributed by atoms with Crippen LogP contribution in [0.5, 0.6) is 0 Å². The second-order valence-corrected chi connectivity index (χ2v) is 6.93. The average molecular weight is 236 g/mol. The predicted octanol–water partition coefficient (Wildman–Crippen LogP) is 1.72. The summed E-state index contributed by atoms with van der Waals surface area (Å²) in [6, 6.07) is 0. The molecule has 2 aliphatic rings. The zero-order chi connectivity index (χ0) is 12.4. The molecule has 0 aliphatic carbocycles. The highest BCUT2D eigenvalue weighted by Crippen LogP contribution is 2.19. The lowest BCUT2D eigenvalue weighted by Crippen LogP contribution is -2.47. The van der Waals surface area contributed by atoms with Crippen molar-refractivity contribution in [1.82, 2.24) is 0 Å². The Morgan fingerprint density at radius 1 is 1.00 bits per heavy atom. The van der Waals surface area contributed by atoms with Crippen molar-refractivity contribution in [3.8, 4) is 11.8 Å². The maximum absolute atomic E-state index is 3.55. The quantitative estimate of drug-likeness (QED) is 0.480. The summed E-state index contributed by atoms with van der Waals surface area (Å²) in [5.41, 5.74) is 0. The Bertz CT molecular complexity index is 316. The van der Waals surface area contributed by atoms with E-state index in [1.807, 2.05) is 0 Å². The maximum Gasteiger partial charge on any atom is 0.140 e. The molecule has 17 heavy (non-hydrogen) atoms. The standard InChI is InChI=1S/C15H28N2/c1-16(2)10-6-8-15(14-16)9-7-13-17(3)11-4-5-12-17/h15H,4-6,8,10-14H2,1-3H3/q+2. The van der Waals surface area contributed by atoms with Gasteiger partial charge in [-0.25, -0.2) is 0 Å². The summed E-state index contributed by atoms with van der Waals surface area (Å²) < 4.78 is 2.35. The van der Waals surface area contributed by atoms with Gasteiger partial charge >= 0.3 is 0 Å². The molecule has 0 bridgehead atoms. The largest absolute Gasteiger partial charge is 0.327 e. The lowest BCUT2D eigenvalue weighted by molar-refractivity contribution is -0.897. The van der Waals surface area contributed by atoms with Gasteiger partial charge in [0.2, 0.25) is 0 Å². The summed E-state index contributed by atoms with van der Waals surface area (Å²) in [6.07, 6.45) is 5.45. The van der Waals surface area contributed by atoms with Gasteiger partial charge in [-0.05, 0) is 18.8 Å². The van der Waals surface area contributed by atoms with Crippen molar-refractivity contribution in [2.75, 3.05) is 53.9 Å².